The Bertz CT molecular complexity index is 1350. The monoisotopic (exact) mass is 519 g/mol. The van der Waals surface area contributed by atoms with Crippen LogP contribution >= 0.6 is 0 Å². The van der Waals surface area contributed by atoms with Crippen LogP contribution < -0.4 is 0 Å². The molecule has 4 aliphatic carbocycles. The van der Waals surface area contributed by atoms with Gasteiger partial charge in [-0.05, 0) is 78.9 Å². The minimum absolute atomic E-state index is 0.0524. The molecule has 0 radical (unpaired) electrons. The number of halogens is 2. The molecule has 1 aromatic rings. The zero-order chi connectivity index (χ0) is 26.2. The Labute approximate surface area is 220 Å². The van der Waals surface area contributed by atoms with Gasteiger partial charge in [0.2, 0.25) is 0 Å². The molecular formula is C30H31F2N3O3. The SMILES string of the molecule is O=C(N1CC[C@@H](CN2C(=O)C3(CC3)N=C2C2C=CC(c3ccc4c(c3)CCC(F)=C4)=CC2F)C1)C1(O)CC1. The van der Waals surface area contributed by atoms with Crippen molar-refractivity contribution in [1.29, 1.82) is 0 Å². The van der Waals surface area contributed by atoms with E-state index in [0.717, 1.165) is 28.7 Å². The summed E-state index contributed by atoms with van der Waals surface area (Å²) in [6, 6.07) is 5.78. The minimum atomic E-state index is -1.34. The fraction of sp³-hybridized carbons (Fsp3) is 0.500. The molecule has 6 aliphatic rings. The molecular weight excluding hydrogens is 488 g/mol. The van der Waals surface area contributed by atoms with Crippen molar-refractivity contribution in [2.45, 2.75) is 62.3 Å². The van der Waals surface area contributed by atoms with E-state index in [1.807, 2.05) is 30.4 Å². The lowest BCUT2D eigenvalue weighted by Crippen LogP contribution is -2.44. The van der Waals surface area contributed by atoms with Gasteiger partial charge in [0.1, 0.15) is 29.0 Å². The Morgan fingerprint density at radius 3 is 2.74 bits per heavy atom. The Balaban J connectivity index is 1.08. The molecule has 38 heavy (non-hydrogen) atoms. The molecule has 6 nitrogen and oxygen atoms in total. The highest BCUT2D eigenvalue weighted by atomic mass is 19.1. The number of hydrogen-bond donors (Lipinski definition) is 1. The summed E-state index contributed by atoms with van der Waals surface area (Å²) < 4.78 is 29.4. The predicted molar refractivity (Wildman–Crippen MR) is 139 cm³/mol. The number of aliphatic hydroxyl groups is 1. The number of aliphatic imine (C=N–C) groups is 1. The van der Waals surface area contributed by atoms with Crippen LogP contribution in [0.5, 0.6) is 0 Å². The van der Waals surface area contributed by atoms with Gasteiger partial charge in [-0.15, -0.1) is 0 Å². The van der Waals surface area contributed by atoms with Crippen molar-refractivity contribution in [3.05, 3.63) is 58.9 Å². The standard InChI is InChI=1S/C30H31F2N3O3/c31-23-5-3-20-13-19(1-2-21(20)14-23)22-4-6-24(25(32)15-22)26-33-29(8-9-29)27(36)35(26)17-18-7-12-34(16-18)28(37)30(38)10-11-30/h1-2,4,6,13-15,18,24-25,38H,3,5,7-12,16-17H2/t18-,24?,25?/m1/s1. The molecule has 0 aromatic heterocycles. The molecule has 1 N–H and O–H groups in total. The van der Waals surface area contributed by atoms with Crippen LogP contribution in [0, 0.1) is 11.8 Å². The molecule has 0 bridgehead atoms. The van der Waals surface area contributed by atoms with Gasteiger partial charge < -0.3 is 10.0 Å². The summed E-state index contributed by atoms with van der Waals surface area (Å²) in [5.74, 6) is -0.471. The van der Waals surface area contributed by atoms with Crippen LogP contribution in [0.1, 0.15) is 55.2 Å². The molecule has 8 heteroatoms. The largest absolute Gasteiger partial charge is 0.380 e. The molecule has 2 unspecified atom stereocenters. The number of rotatable bonds is 5. The van der Waals surface area contributed by atoms with Crippen LogP contribution in [0.3, 0.4) is 0 Å². The van der Waals surface area contributed by atoms with Gasteiger partial charge in [0.05, 0.1) is 5.92 Å². The molecule has 1 spiro atoms. The van der Waals surface area contributed by atoms with E-state index in [1.165, 1.54) is 0 Å². The highest BCUT2D eigenvalue weighted by Gasteiger charge is 2.59. The first kappa shape index (κ1) is 23.9. The number of aryl methyl sites for hydroxylation is 1. The van der Waals surface area contributed by atoms with Gasteiger partial charge in [-0.2, -0.15) is 0 Å². The van der Waals surface area contributed by atoms with Gasteiger partial charge in [-0.1, -0.05) is 30.4 Å². The summed E-state index contributed by atoms with van der Waals surface area (Å²) in [4.78, 5) is 34.1. The first-order valence-electron chi connectivity index (χ1n) is 13.7. The highest BCUT2D eigenvalue weighted by molar-refractivity contribution is 6.11. The third kappa shape index (κ3) is 3.96. The Kier molecular flexibility index (Phi) is 5.32. The lowest BCUT2D eigenvalue weighted by atomic mass is 9.87. The second-order valence-corrected chi connectivity index (χ2v) is 11.8. The third-order valence-electron chi connectivity index (χ3n) is 8.99. The van der Waals surface area contributed by atoms with Crippen LogP contribution in [-0.4, -0.2) is 69.5 Å². The van der Waals surface area contributed by atoms with Crippen molar-refractivity contribution in [2.75, 3.05) is 19.6 Å². The predicted octanol–water partition coefficient (Wildman–Crippen LogP) is 4.00. The van der Waals surface area contributed by atoms with Crippen molar-refractivity contribution in [3.8, 4) is 0 Å². The Morgan fingerprint density at radius 1 is 1.18 bits per heavy atom. The first-order chi connectivity index (χ1) is 18.2. The van der Waals surface area contributed by atoms with Crippen molar-refractivity contribution in [3.63, 3.8) is 0 Å². The molecule has 2 amide bonds. The number of fused-ring (bicyclic) bond motifs is 1. The molecule has 2 saturated carbocycles. The summed E-state index contributed by atoms with van der Waals surface area (Å²) in [5.41, 5.74) is 1.67. The summed E-state index contributed by atoms with van der Waals surface area (Å²) >= 11 is 0. The normalized spacial score (nSPS) is 30.2. The third-order valence-corrected chi connectivity index (χ3v) is 8.99. The number of allylic oxidation sites excluding steroid dienone is 4. The zero-order valence-corrected chi connectivity index (χ0v) is 21.2. The fourth-order valence-electron chi connectivity index (χ4n) is 6.31. The quantitative estimate of drug-likeness (QED) is 0.639. The van der Waals surface area contributed by atoms with Gasteiger partial charge in [0.15, 0.2) is 0 Å². The number of amides is 2. The van der Waals surface area contributed by atoms with Crippen molar-refractivity contribution in [2.24, 2.45) is 16.8 Å². The number of hydrogen-bond acceptors (Lipinski definition) is 4. The Morgan fingerprint density at radius 2 is 2.00 bits per heavy atom. The smallest absolute Gasteiger partial charge is 0.255 e. The van der Waals surface area contributed by atoms with Gasteiger partial charge in [-0.3, -0.25) is 19.5 Å². The number of benzene rings is 1. The molecule has 2 aliphatic heterocycles. The number of likely N-dealkylation sites (tertiary alicyclic amines) is 1. The molecule has 2 heterocycles. The average molecular weight is 520 g/mol. The summed E-state index contributed by atoms with van der Waals surface area (Å²) in [6.45, 7) is 1.46. The Hall–Kier alpha value is -3.13. The van der Waals surface area contributed by atoms with Crippen molar-refractivity contribution in [1.82, 2.24) is 9.80 Å². The van der Waals surface area contributed by atoms with Crippen molar-refractivity contribution >= 4 is 29.3 Å². The van der Waals surface area contributed by atoms with Crippen LogP contribution in [0.2, 0.25) is 0 Å². The maximum Gasteiger partial charge on any atom is 0.255 e. The van der Waals surface area contributed by atoms with Crippen molar-refractivity contribution < 1.29 is 23.5 Å². The molecule has 3 atom stereocenters. The van der Waals surface area contributed by atoms with Gasteiger partial charge in [-0.25, -0.2) is 8.78 Å². The van der Waals surface area contributed by atoms with Gasteiger partial charge in [0, 0.05) is 26.1 Å². The van der Waals surface area contributed by atoms with Crippen LogP contribution in [-0.2, 0) is 16.0 Å². The lowest BCUT2D eigenvalue weighted by Gasteiger charge is -2.29. The number of amidine groups is 1. The summed E-state index contributed by atoms with van der Waals surface area (Å²) in [7, 11) is 0. The second kappa shape index (κ2) is 8.43. The van der Waals surface area contributed by atoms with Gasteiger partial charge in [0.25, 0.3) is 11.8 Å². The van der Waals surface area contributed by atoms with E-state index in [0.29, 0.717) is 64.0 Å². The molecule has 1 saturated heterocycles. The maximum atomic E-state index is 15.7. The lowest BCUT2D eigenvalue weighted by molar-refractivity contribution is -0.141. The van der Waals surface area contributed by atoms with E-state index in [2.05, 4.69) is 0 Å². The topological polar surface area (TPSA) is 73.2 Å². The number of carbonyl (C=O) groups is 2. The summed E-state index contributed by atoms with van der Waals surface area (Å²) in [6.07, 6.45) is 9.70. The second-order valence-electron chi connectivity index (χ2n) is 11.8. The van der Waals surface area contributed by atoms with E-state index in [9.17, 15) is 19.1 Å². The van der Waals surface area contributed by atoms with E-state index in [1.54, 1.807) is 22.0 Å². The van der Waals surface area contributed by atoms with Crippen LogP contribution in [0.15, 0.2) is 47.2 Å². The van der Waals surface area contributed by atoms with E-state index in [4.69, 9.17) is 4.99 Å². The van der Waals surface area contributed by atoms with E-state index >= 15 is 4.39 Å². The summed E-state index contributed by atoms with van der Waals surface area (Å²) in [5, 5.41) is 10.2. The molecule has 7 rings (SSSR count). The average Bonchev–Trinajstić information content (AvgIpc) is 3.79. The maximum absolute atomic E-state index is 15.7. The number of nitrogens with zero attached hydrogens (tertiary/aromatic N) is 3. The highest BCUT2D eigenvalue weighted by Crippen LogP contribution is 2.47. The first-order valence-corrected chi connectivity index (χ1v) is 13.7. The van der Waals surface area contributed by atoms with Crippen LogP contribution in [0.4, 0.5) is 8.78 Å². The molecule has 1 aromatic carbocycles. The minimum Gasteiger partial charge on any atom is -0.380 e. The number of carbonyl (C=O) groups excluding carboxylic acids is 2. The molecule has 198 valence electrons. The zero-order valence-electron chi connectivity index (χ0n) is 21.2. The fourth-order valence-corrected chi connectivity index (χ4v) is 6.31. The molecule has 3 fully saturated rings. The van der Waals surface area contributed by atoms with Gasteiger partial charge >= 0.3 is 0 Å². The van der Waals surface area contributed by atoms with Crippen LogP contribution in [0.25, 0.3) is 11.6 Å². The van der Waals surface area contributed by atoms with E-state index in [-0.39, 0.29) is 23.6 Å². The van der Waals surface area contributed by atoms with E-state index < -0.39 is 23.2 Å². The number of alkyl halides is 1.